The molecule has 0 radical (unpaired) electrons. The Morgan fingerprint density at radius 2 is 1.44 bits per heavy atom. The van der Waals surface area contributed by atoms with E-state index in [0.29, 0.717) is 6.04 Å². The smallest absolute Gasteiger partial charge is 0.244 e. The van der Waals surface area contributed by atoms with Crippen LogP contribution in [0.1, 0.15) is 76.2 Å². The van der Waals surface area contributed by atoms with Gasteiger partial charge in [0, 0.05) is 12.1 Å². The van der Waals surface area contributed by atoms with Crippen molar-refractivity contribution in [2.24, 2.45) is 0 Å². The molecule has 1 saturated carbocycles. The van der Waals surface area contributed by atoms with Crippen LogP contribution in [0.3, 0.4) is 0 Å². The minimum absolute atomic E-state index is 0.0212. The standard InChI is InChI=1S/C22H33NO2/c1-25-21-16-13-19(14-17-21)15-18-22(24)23-20-11-9-7-5-3-2-4-6-8-10-12-20/h13-18,20H,2-12H2,1H3,(H,23,24)/b18-15+. The molecule has 0 heterocycles. The summed E-state index contributed by atoms with van der Waals surface area (Å²) in [5.41, 5.74) is 1.01. The third kappa shape index (κ3) is 8.24. The first-order valence-corrected chi connectivity index (χ1v) is 9.90. The van der Waals surface area contributed by atoms with Gasteiger partial charge in [-0.25, -0.2) is 0 Å². The summed E-state index contributed by atoms with van der Waals surface area (Å²) in [6.07, 6.45) is 17.6. The molecule has 1 amide bonds. The molecule has 0 aliphatic heterocycles. The van der Waals surface area contributed by atoms with E-state index in [9.17, 15) is 4.79 Å². The van der Waals surface area contributed by atoms with E-state index in [1.54, 1.807) is 13.2 Å². The highest BCUT2D eigenvalue weighted by Gasteiger charge is 2.11. The molecule has 1 aliphatic rings. The molecule has 0 aromatic heterocycles. The first-order valence-electron chi connectivity index (χ1n) is 9.90. The van der Waals surface area contributed by atoms with E-state index in [1.165, 1.54) is 57.8 Å². The van der Waals surface area contributed by atoms with Gasteiger partial charge in [-0.3, -0.25) is 4.79 Å². The zero-order chi connectivity index (χ0) is 17.7. The van der Waals surface area contributed by atoms with Gasteiger partial charge in [0.25, 0.3) is 0 Å². The summed E-state index contributed by atoms with van der Waals surface area (Å²) in [4.78, 5) is 12.3. The first-order chi connectivity index (χ1) is 12.3. The summed E-state index contributed by atoms with van der Waals surface area (Å²) < 4.78 is 5.15. The van der Waals surface area contributed by atoms with Gasteiger partial charge in [0.2, 0.25) is 5.91 Å². The van der Waals surface area contributed by atoms with Crippen LogP contribution in [0.25, 0.3) is 6.08 Å². The van der Waals surface area contributed by atoms with Crippen molar-refractivity contribution in [2.45, 2.75) is 76.7 Å². The van der Waals surface area contributed by atoms with Crippen LogP contribution in [-0.4, -0.2) is 19.1 Å². The van der Waals surface area contributed by atoms with Crippen LogP contribution in [0.15, 0.2) is 30.3 Å². The van der Waals surface area contributed by atoms with Gasteiger partial charge in [-0.1, -0.05) is 69.9 Å². The second kappa shape index (κ2) is 11.7. The largest absolute Gasteiger partial charge is 0.497 e. The van der Waals surface area contributed by atoms with Crippen molar-refractivity contribution < 1.29 is 9.53 Å². The molecule has 3 nitrogen and oxygen atoms in total. The monoisotopic (exact) mass is 343 g/mol. The molecule has 0 bridgehead atoms. The van der Waals surface area contributed by atoms with E-state index in [0.717, 1.165) is 24.2 Å². The maximum absolute atomic E-state index is 12.3. The number of hydrogen-bond donors (Lipinski definition) is 1. The fraction of sp³-hybridized carbons (Fsp3) is 0.591. The number of benzene rings is 1. The normalized spacial score (nSPS) is 18.3. The Balaban J connectivity index is 1.81. The van der Waals surface area contributed by atoms with Crippen LogP contribution in [0.2, 0.25) is 0 Å². The van der Waals surface area contributed by atoms with Crippen molar-refractivity contribution in [2.75, 3.05) is 7.11 Å². The van der Waals surface area contributed by atoms with Gasteiger partial charge in [-0.15, -0.1) is 0 Å². The summed E-state index contributed by atoms with van der Waals surface area (Å²) in [5, 5.41) is 3.21. The first kappa shape index (κ1) is 19.6. The minimum atomic E-state index is 0.0212. The van der Waals surface area contributed by atoms with Gasteiger partial charge >= 0.3 is 0 Å². The Morgan fingerprint density at radius 3 is 1.96 bits per heavy atom. The Hall–Kier alpha value is -1.77. The molecule has 3 heteroatoms. The highest BCUT2D eigenvalue weighted by molar-refractivity contribution is 5.91. The fourth-order valence-electron chi connectivity index (χ4n) is 3.44. The van der Waals surface area contributed by atoms with Crippen LogP contribution in [0, 0.1) is 0 Å². The van der Waals surface area contributed by atoms with Crippen molar-refractivity contribution in [3.05, 3.63) is 35.9 Å². The molecule has 0 saturated heterocycles. The van der Waals surface area contributed by atoms with Gasteiger partial charge < -0.3 is 10.1 Å². The molecular weight excluding hydrogens is 310 g/mol. The summed E-state index contributed by atoms with van der Waals surface area (Å²) in [5.74, 6) is 0.850. The number of carbonyl (C=O) groups excluding carboxylic acids is 1. The van der Waals surface area contributed by atoms with Crippen LogP contribution >= 0.6 is 0 Å². The Bertz CT molecular complexity index is 509. The number of rotatable bonds is 4. The lowest BCUT2D eigenvalue weighted by molar-refractivity contribution is -0.117. The van der Waals surface area contributed by atoms with Gasteiger partial charge in [-0.2, -0.15) is 0 Å². The minimum Gasteiger partial charge on any atom is -0.497 e. The van der Waals surface area contributed by atoms with E-state index in [-0.39, 0.29) is 5.91 Å². The summed E-state index contributed by atoms with van der Waals surface area (Å²) >= 11 is 0. The fourth-order valence-corrected chi connectivity index (χ4v) is 3.44. The number of nitrogens with one attached hydrogen (secondary N) is 1. The number of methoxy groups -OCH3 is 1. The number of ether oxygens (including phenoxy) is 1. The topological polar surface area (TPSA) is 38.3 Å². The van der Waals surface area contributed by atoms with Crippen molar-refractivity contribution >= 4 is 12.0 Å². The molecule has 1 aliphatic carbocycles. The van der Waals surface area contributed by atoms with Crippen molar-refractivity contribution in [1.82, 2.24) is 5.32 Å². The average molecular weight is 344 g/mol. The summed E-state index contributed by atoms with van der Waals surface area (Å²) in [6, 6.07) is 8.05. The van der Waals surface area contributed by atoms with Crippen molar-refractivity contribution in [1.29, 1.82) is 0 Å². The maximum Gasteiger partial charge on any atom is 0.244 e. The SMILES string of the molecule is COc1ccc(/C=C/C(=O)NC2CCCCCCCCCCC2)cc1. The van der Waals surface area contributed by atoms with Gasteiger partial charge in [0.15, 0.2) is 0 Å². The third-order valence-corrected chi connectivity index (χ3v) is 4.99. The molecular formula is C22H33NO2. The van der Waals surface area contributed by atoms with E-state index < -0.39 is 0 Å². The molecule has 1 aromatic carbocycles. The van der Waals surface area contributed by atoms with Crippen LogP contribution in [0.5, 0.6) is 5.75 Å². The number of hydrogen-bond acceptors (Lipinski definition) is 2. The van der Waals surface area contributed by atoms with E-state index in [2.05, 4.69) is 5.32 Å². The molecule has 138 valence electrons. The summed E-state index contributed by atoms with van der Waals surface area (Å²) in [7, 11) is 1.65. The average Bonchev–Trinajstić information content (AvgIpc) is 2.62. The zero-order valence-electron chi connectivity index (χ0n) is 15.6. The van der Waals surface area contributed by atoms with Crippen LogP contribution in [0.4, 0.5) is 0 Å². The Kier molecular flexibility index (Phi) is 9.17. The van der Waals surface area contributed by atoms with Crippen LogP contribution in [-0.2, 0) is 4.79 Å². The highest BCUT2D eigenvalue weighted by atomic mass is 16.5. The zero-order valence-corrected chi connectivity index (χ0v) is 15.6. The molecule has 0 spiro atoms. The lowest BCUT2D eigenvalue weighted by atomic mass is 9.98. The molecule has 25 heavy (non-hydrogen) atoms. The molecule has 2 rings (SSSR count). The molecule has 1 aromatic rings. The molecule has 0 atom stereocenters. The predicted molar refractivity (Wildman–Crippen MR) is 105 cm³/mol. The summed E-state index contributed by atoms with van der Waals surface area (Å²) in [6.45, 7) is 0. The maximum atomic E-state index is 12.3. The van der Waals surface area contributed by atoms with Gasteiger partial charge in [0.05, 0.1) is 7.11 Å². The second-order valence-corrected chi connectivity index (χ2v) is 7.07. The van der Waals surface area contributed by atoms with Crippen LogP contribution < -0.4 is 10.1 Å². The van der Waals surface area contributed by atoms with Crippen molar-refractivity contribution in [3.63, 3.8) is 0 Å². The molecule has 1 fully saturated rings. The quantitative estimate of drug-likeness (QED) is 0.733. The lowest BCUT2D eigenvalue weighted by Gasteiger charge is -2.18. The number of carbonyl (C=O) groups is 1. The van der Waals surface area contributed by atoms with Gasteiger partial charge in [0.1, 0.15) is 5.75 Å². The third-order valence-electron chi connectivity index (χ3n) is 4.99. The molecule has 0 unspecified atom stereocenters. The van der Waals surface area contributed by atoms with Gasteiger partial charge in [-0.05, 0) is 36.6 Å². The van der Waals surface area contributed by atoms with E-state index in [1.807, 2.05) is 30.3 Å². The number of amides is 1. The lowest BCUT2D eigenvalue weighted by Crippen LogP contribution is -2.33. The molecule has 1 N–H and O–H groups in total. The Labute approximate surface area is 152 Å². The van der Waals surface area contributed by atoms with E-state index >= 15 is 0 Å². The van der Waals surface area contributed by atoms with Crippen molar-refractivity contribution in [3.8, 4) is 5.75 Å². The predicted octanol–water partition coefficient (Wildman–Crippen LogP) is 5.50. The second-order valence-electron chi connectivity index (χ2n) is 7.07. The highest BCUT2D eigenvalue weighted by Crippen LogP contribution is 2.17. The Morgan fingerprint density at radius 1 is 0.920 bits per heavy atom. The van der Waals surface area contributed by atoms with E-state index in [4.69, 9.17) is 4.74 Å².